The van der Waals surface area contributed by atoms with Crippen molar-refractivity contribution in [2.45, 2.75) is 12.5 Å². The number of nitrogens with zero attached hydrogens (tertiary/aromatic N) is 2. The predicted octanol–water partition coefficient (Wildman–Crippen LogP) is 1.82. The molecule has 1 unspecified atom stereocenters. The molecular weight excluding hydrogens is 330 g/mol. The van der Waals surface area contributed by atoms with Gasteiger partial charge in [0.05, 0.1) is 32.8 Å². The van der Waals surface area contributed by atoms with E-state index in [2.05, 4.69) is 21.3 Å². The molecule has 0 radical (unpaired) electrons. The Morgan fingerprint density at radius 3 is 2.69 bits per heavy atom. The summed E-state index contributed by atoms with van der Waals surface area (Å²) >= 11 is 0. The number of methoxy groups -OCH3 is 1. The Labute approximate surface area is 154 Å². The van der Waals surface area contributed by atoms with E-state index < -0.39 is 0 Å². The molecule has 3 rings (SSSR count). The fourth-order valence-corrected chi connectivity index (χ4v) is 3.12. The van der Waals surface area contributed by atoms with Crippen LogP contribution in [0.3, 0.4) is 0 Å². The van der Waals surface area contributed by atoms with Crippen LogP contribution < -0.4 is 10.1 Å². The number of aromatic nitrogens is 1. The second-order valence-corrected chi connectivity index (χ2v) is 6.28. The van der Waals surface area contributed by atoms with E-state index >= 15 is 0 Å². The van der Waals surface area contributed by atoms with Gasteiger partial charge in [-0.2, -0.15) is 0 Å². The lowest BCUT2D eigenvalue weighted by molar-refractivity contribution is -0.120. The molecule has 1 aromatic heterocycles. The zero-order valence-corrected chi connectivity index (χ0v) is 15.1. The van der Waals surface area contributed by atoms with E-state index in [1.165, 1.54) is 0 Å². The number of ether oxygens (including phenoxy) is 2. The molecule has 1 saturated heterocycles. The smallest absolute Gasteiger partial charge is 0.224 e. The van der Waals surface area contributed by atoms with Crippen molar-refractivity contribution in [2.75, 3.05) is 40.0 Å². The van der Waals surface area contributed by atoms with Gasteiger partial charge in [-0.15, -0.1) is 0 Å². The maximum Gasteiger partial charge on any atom is 0.224 e. The lowest BCUT2D eigenvalue weighted by Crippen LogP contribution is -2.44. The molecule has 26 heavy (non-hydrogen) atoms. The summed E-state index contributed by atoms with van der Waals surface area (Å²) in [5.74, 6) is 0.801. The number of nitrogens with one attached hydrogen (secondary N) is 1. The highest BCUT2D eigenvalue weighted by molar-refractivity contribution is 5.78. The van der Waals surface area contributed by atoms with Crippen molar-refractivity contribution in [3.63, 3.8) is 0 Å². The average molecular weight is 355 g/mol. The van der Waals surface area contributed by atoms with Gasteiger partial charge in [0.25, 0.3) is 0 Å². The minimum absolute atomic E-state index is 0.0114. The molecule has 138 valence electrons. The van der Waals surface area contributed by atoms with Crippen LogP contribution in [-0.2, 0) is 16.0 Å². The Morgan fingerprint density at radius 2 is 2.04 bits per heavy atom. The molecule has 1 aromatic carbocycles. The summed E-state index contributed by atoms with van der Waals surface area (Å²) < 4.78 is 10.6. The van der Waals surface area contributed by atoms with E-state index in [9.17, 15) is 4.79 Å². The van der Waals surface area contributed by atoms with Gasteiger partial charge in [-0.05, 0) is 29.3 Å². The lowest BCUT2D eigenvalue weighted by Gasteiger charge is -2.34. The van der Waals surface area contributed by atoms with E-state index in [4.69, 9.17) is 9.47 Å². The molecule has 1 amide bonds. The molecule has 0 aliphatic carbocycles. The number of hydrogen-bond acceptors (Lipinski definition) is 5. The third-order valence-electron chi connectivity index (χ3n) is 4.57. The number of pyridine rings is 1. The van der Waals surface area contributed by atoms with Crippen LogP contribution in [0.5, 0.6) is 5.75 Å². The topological polar surface area (TPSA) is 63.7 Å². The van der Waals surface area contributed by atoms with E-state index in [-0.39, 0.29) is 11.9 Å². The monoisotopic (exact) mass is 355 g/mol. The minimum atomic E-state index is 0.0114. The first-order valence-corrected chi connectivity index (χ1v) is 8.87. The Hall–Kier alpha value is -2.44. The van der Waals surface area contributed by atoms with Crippen LogP contribution in [0, 0.1) is 0 Å². The van der Waals surface area contributed by atoms with Crippen molar-refractivity contribution in [1.29, 1.82) is 0 Å². The number of rotatable bonds is 7. The van der Waals surface area contributed by atoms with Gasteiger partial charge < -0.3 is 14.8 Å². The SMILES string of the molecule is COc1ccc(CC(=O)NCC(c2cccnc2)N2CCOCC2)cc1. The molecule has 1 atom stereocenters. The standard InChI is InChI=1S/C20H25N3O3/c1-25-18-6-4-16(5-7-18)13-20(24)22-15-19(17-3-2-8-21-14-17)23-9-11-26-12-10-23/h2-8,14,19H,9-13,15H2,1H3,(H,22,24). The van der Waals surface area contributed by atoms with Crippen molar-refractivity contribution in [2.24, 2.45) is 0 Å². The molecule has 1 aliphatic rings. The van der Waals surface area contributed by atoms with E-state index in [1.54, 1.807) is 13.3 Å². The van der Waals surface area contributed by atoms with Gasteiger partial charge >= 0.3 is 0 Å². The molecule has 6 nitrogen and oxygen atoms in total. The second kappa shape index (κ2) is 9.31. The minimum Gasteiger partial charge on any atom is -0.497 e. The van der Waals surface area contributed by atoms with Crippen LogP contribution in [0.1, 0.15) is 17.2 Å². The molecule has 1 N–H and O–H groups in total. The van der Waals surface area contributed by atoms with E-state index in [0.29, 0.717) is 13.0 Å². The van der Waals surface area contributed by atoms with Crippen LogP contribution >= 0.6 is 0 Å². The summed E-state index contributed by atoms with van der Waals surface area (Å²) in [6.45, 7) is 3.70. The molecule has 6 heteroatoms. The highest BCUT2D eigenvalue weighted by atomic mass is 16.5. The Morgan fingerprint density at radius 1 is 1.27 bits per heavy atom. The summed E-state index contributed by atoms with van der Waals surface area (Å²) in [6, 6.07) is 11.7. The zero-order chi connectivity index (χ0) is 18.2. The fourth-order valence-electron chi connectivity index (χ4n) is 3.12. The summed E-state index contributed by atoms with van der Waals surface area (Å²) in [6.07, 6.45) is 3.99. The molecule has 0 saturated carbocycles. The van der Waals surface area contributed by atoms with Crippen LogP contribution in [-0.4, -0.2) is 55.7 Å². The number of benzene rings is 1. The quantitative estimate of drug-likeness (QED) is 0.821. The molecule has 0 spiro atoms. The van der Waals surface area contributed by atoms with Gasteiger partial charge in [0.2, 0.25) is 5.91 Å². The number of amides is 1. The highest BCUT2D eigenvalue weighted by Gasteiger charge is 2.23. The third kappa shape index (κ3) is 5.03. The average Bonchev–Trinajstić information content (AvgIpc) is 2.70. The first-order valence-electron chi connectivity index (χ1n) is 8.87. The molecule has 2 aromatic rings. The molecular formula is C20H25N3O3. The van der Waals surface area contributed by atoms with Gasteiger partial charge in [0.15, 0.2) is 0 Å². The first-order chi connectivity index (χ1) is 12.8. The Kier molecular flexibility index (Phi) is 6.57. The predicted molar refractivity (Wildman–Crippen MR) is 99.1 cm³/mol. The van der Waals surface area contributed by atoms with Gasteiger partial charge in [0, 0.05) is 32.0 Å². The van der Waals surface area contributed by atoms with Crippen LogP contribution in [0.15, 0.2) is 48.8 Å². The van der Waals surface area contributed by atoms with Gasteiger partial charge in [-0.1, -0.05) is 18.2 Å². The van der Waals surface area contributed by atoms with Crippen molar-refractivity contribution < 1.29 is 14.3 Å². The second-order valence-electron chi connectivity index (χ2n) is 6.28. The zero-order valence-electron chi connectivity index (χ0n) is 15.1. The lowest BCUT2D eigenvalue weighted by atomic mass is 10.1. The number of hydrogen-bond donors (Lipinski definition) is 1. The molecule has 2 heterocycles. The molecule has 0 bridgehead atoms. The third-order valence-corrected chi connectivity index (χ3v) is 4.57. The Bertz CT molecular complexity index is 685. The number of morpholine rings is 1. The van der Waals surface area contributed by atoms with Gasteiger partial charge in [0.1, 0.15) is 5.75 Å². The summed E-state index contributed by atoms with van der Waals surface area (Å²) in [7, 11) is 1.63. The maximum absolute atomic E-state index is 12.4. The van der Waals surface area contributed by atoms with Crippen molar-refractivity contribution in [3.8, 4) is 5.75 Å². The van der Waals surface area contributed by atoms with Gasteiger partial charge in [-0.25, -0.2) is 0 Å². The normalized spacial score (nSPS) is 16.0. The Balaban J connectivity index is 1.60. The molecule has 1 aliphatic heterocycles. The van der Waals surface area contributed by atoms with Crippen molar-refractivity contribution in [3.05, 3.63) is 59.9 Å². The van der Waals surface area contributed by atoms with Crippen molar-refractivity contribution >= 4 is 5.91 Å². The summed E-state index contributed by atoms with van der Waals surface area (Å²) in [5, 5.41) is 3.08. The van der Waals surface area contributed by atoms with Crippen LogP contribution in [0.4, 0.5) is 0 Å². The summed E-state index contributed by atoms with van der Waals surface area (Å²) in [5.41, 5.74) is 2.08. The summed E-state index contributed by atoms with van der Waals surface area (Å²) in [4.78, 5) is 19.0. The molecule has 1 fully saturated rings. The van der Waals surface area contributed by atoms with Crippen LogP contribution in [0.2, 0.25) is 0 Å². The van der Waals surface area contributed by atoms with E-state index in [0.717, 1.165) is 43.2 Å². The van der Waals surface area contributed by atoms with Gasteiger partial charge in [-0.3, -0.25) is 14.7 Å². The maximum atomic E-state index is 12.4. The largest absolute Gasteiger partial charge is 0.497 e. The van der Waals surface area contributed by atoms with E-state index in [1.807, 2.05) is 36.5 Å². The van der Waals surface area contributed by atoms with Crippen LogP contribution in [0.25, 0.3) is 0 Å². The first kappa shape index (κ1) is 18.4. The number of carbonyl (C=O) groups excluding carboxylic acids is 1. The fraction of sp³-hybridized carbons (Fsp3) is 0.400. The highest BCUT2D eigenvalue weighted by Crippen LogP contribution is 2.20. The number of carbonyl (C=O) groups is 1. The van der Waals surface area contributed by atoms with Crippen molar-refractivity contribution in [1.82, 2.24) is 15.2 Å².